The van der Waals surface area contributed by atoms with E-state index in [4.69, 9.17) is 0 Å². The van der Waals surface area contributed by atoms with E-state index in [1.54, 1.807) is 12.1 Å². The summed E-state index contributed by atoms with van der Waals surface area (Å²) in [6.07, 6.45) is 2.59. The molecule has 1 aromatic carbocycles. The van der Waals surface area contributed by atoms with Crippen molar-refractivity contribution < 1.29 is 13.9 Å². The molecule has 0 aliphatic carbocycles. The van der Waals surface area contributed by atoms with Gasteiger partial charge in [-0.05, 0) is 25.1 Å². The molecule has 2 nitrogen and oxygen atoms in total. The van der Waals surface area contributed by atoms with Gasteiger partial charge in [0.2, 0.25) is 0 Å². The molecule has 0 amide bonds. The Balaban J connectivity index is 2.90. The van der Waals surface area contributed by atoms with Gasteiger partial charge >= 0.3 is 5.97 Å². The van der Waals surface area contributed by atoms with E-state index in [0.717, 1.165) is 5.56 Å². The van der Waals surface area contributed by atoms with Gasteiger partial charge in [0.1, 0.15) is 5.82 Å². The maximum Gasteiger partial charge on any atom is 0.330 e. The highest BCUT2D eigenvalue weighted by Crippen LogP contribution is 2.11. The van der Waals surface area contributed by atoms with Crippen molar-refractivity contribution in [2.75, 3.05) is 7.11 Å². The zero-order chi connectivity index (χ0) is 10.6. The Morgan fingerprint density at radius 3 is 2.86 bits per heavy atom. The average molecular weight is 194 g/mol. The summed E-state index contributed by atoms with van der Waals surface area (Å²) in [5.74, 6) is -0.846. The highest BCUT2D eigenvalue weighted by molar-refractivity contribution is 5.86. The van der Waals surface area contributed by atoms with Crippen LogP contribution in [0.2, 0.25) is 0 Å². The number of aryl methyl sites for hydroxylation is 1. The monoisotopic (exact) mass is 194 g/mol. The van der Waals surface area contributed by atoms with E-state index in [1.807, 2.05) is 6.92 Å². The Bertz CT molecular complexity index is 370. The number of esters is 1. The number of halogens is 1. The van der Waals surface area contributed by atoms with Crippen LogP contribution in [-0.4, -0.2) is 13.1 Å². The molecule has 0 aliphatic rings. The Labute approximate surface area is 82.0 Å². The summed E-state index contributed by atoms with van der Waals surface area (Å²) in [7, 11) is 1.28. The fourth-order valence-electron chi connectivity index (χ4n) is 1.02. The third kappa shape index (κ3) is 2.69. The number of ether oxygens (including phenoxy) is 1. The highest BCUT2D eigenvalue weighted by atomic mass is 19.1. The second-order valence-corrected chi connectivity index (χ2v) is 2.88. The van der Waals surface area contributed by atoms with Gasteiger partial charge in [0.15, 0.2) is 0 Å². The molecule has 0 N–H and O–H groups in total. The molecule has 1 rings (SSSR count). The van der Waals surface area contributed by atoms with E-state index >= 15 is 0 Å². The highest BCUT2D eigenvalue weighted by Gasteiger charge is 1.99. The Kier molecular flexibility index (Phi) is 3.40. The van der Waals surface area contributed by atoms with Crippen molar-refractivity contribution in [2.24, 2.45) is 0 Å². The number of hydrogen-bond acceptors (Lipinski definition) is 2. The maximum atomic E-state index is 13.1. The number of carbonyl (C=O) groups is 1. The quantitative estimate of drug-likeness (QED) is 0.533. The molecule has 0 spiro atoms. The van der Waals surface area contributed by atoms with Gasteiger partial charge < -0.3 is 4.74 Å². The lowest BCUT2D eigenvalue weighted by Gasteiger charge is -1.98. The minimum absolute atomic E-state index is 0.351. The van der Waals surface area contributed by atoms with Gasteiger partial charge in [0, 0.05) is 11.6 Å². The normalized spacial score (nSPS) is 10.5. The van der Waals surface area contributed by atoms with Crippen molar-refractivity contribution in [3.8, 4) is 0 Å². The van der Waals surface area contributed by atoms with Crippen LogP contribution >= 0.6 is 0 Å². The van der Waals surface area contributed by atoms with Crippen LogP contribution in [0, 0.1) is 12.7 Å². The lowest BCUT2D eigenvalue weighted by molar-refractivity contribution is -0.134. The number of rotatable bonds is 2. The average Bonchev–Trinajstić information content (AvgIpc) is 2.19. The van der Waals surface area contributed by atoms with Crippen LogP contribution in [0.3, 0.4) is 0 Å². The summed E-state index contributed by atoms with van der Waals surface area (Å²) in [6, 6.07) is 4.70. The predicted molar refractivity (Wildman–Crippen MR) is 52.2 cm³/mol. The van der Waals surface area contributed by atoms with Crippen molar-refractivity contribution in [3.05, 3.63) is 41.2 Å². The molecular formula is C11H11FO2. The Morgan fingerprint density at radius 2 is 2.21 bits per heavy atom. The van der Waals surface area contributed by atoms with Crippen molar-refractivity contribution >= 4 is 12.0 Å². The third-order valence-corrected chi connectivity index (χ3v) is 1.75. The molecule has 0 fully saturated rings. The predicted octanol–water partition coefficient (Wildman–Crippen LogP) is 2.32. The number of benzene rings is 1. The Hall–Kier alpha value is -1.64. The van der Waals surface area contributed by atoms with Crippen molar-refractivity contribution in [2.45, 2.75) is 6.92 Å². The van der Waals surface area contributed by atoms with Crippen LogP contribution in [0.15, 0.2) is 24.3 Å². The van der Waals surface area contributed by atoms with Crippen LogP contribution in [0.5, 0.6) is 0 Å². The zero-order valence-corrected chi connectivity index (χ0v) is 8.08. The van der Waals surface area contributed by atoms with E-state index in [9.17, 15) is 9.18 Å². The van der Waals surface area contributed by atoms with E-state index in [1.165, 1.54) is 25.3 Å². The van der Waals surface area contributed by atoms with Crippen LogP contribution in [0.4, 0.5) is 4.39 Å². The number of methoxy groups -OCH3 is 1. The SMILES string of the molecule is COC(=O)C=Cc1cc(C)ccc1F. The summed E-state index contributed by atoms with van der Waals surface area (Å²) in [4.78, 5) is 10.7. The molecule has 0 bridgehead atoms. The molecule has 0 unspecified atom stereocenters. The molecule has 0 radical (unpaired) electrons. The summed E-state index contributed by atoms with van der Waals surface area (Å²) in [6.45, 7) is 1.86. The van der Waals surface area contributed by atoms with Crippen molar-refractivity contribution in [1.82, 2.24) is 0 Å². The molecule has 3 heteroatoms. The largest absolute Gasteiger partial charge is 0.466 e. The van der Waals surface area contributed by atoms with Crippen LogP contribution in [0.1, 0.15) is 11.1 Å². The molecule has 14 heavy (non-hydrogen) atoms. The first kappa shape index (κ1) is 10.4. The lowest BCUT2D eigenvalue weighted by Crippen LogP contribution is -1.94. The van der Waals surface area contributed by atoms with Gasteiger partial charge in [0.05, 0.1) is 7.11 Å². The third-order valence-electron chi connectivity index (χ3n) is 1.75. The fraction of sp³-hybridized carbons (Fsp3) is 0.182. The van der Waals surface area contributed by atoms with Gasteiger partial charge in [-0.15, -0.1) is 0 Å². The molecule has 0 saturated heterocycles. The van der Waals surface area contributed by atoms with Crippen LogP contribution in [-0.2, 0) is 9.53 Å². The lowest BCUT2D eigenvalue weighted by atomic mass is 10.1. The van der Waals surface area contributed by atoms with E-state index < -0.39 is 5.97 Å². The molecule has 74 valence electrons. The first-order valence-corrected chi connectivity index (χ1v) is 4.15. The summed E-state index contributed by atoms with van der Waals surface area (Å²) in [5.41, 5.74) is 1.33. The molecule has 0 saturated carbocycles. The topological polar surface area (TPSA) is 26.3 Å². The van der Waals surface area contributed by atoms with E-state index in [-0.39, 0.29) is 5.82 Å². The first-order chi connectivity index (χ1) is 6.63. The van der Waals surface area contributed by atoms with E-state index in [0.29, 0.717) is 5.56 Å². The first-order valence-electron chi connectivity index (χ1n) is 4.15. The van der Waals surface area contributed by atoms with Crippen molar-refractivity contribution in [1.29, 1.82) is 0 Å². The van der Waals surface area contributed by atoms with Crippen molar-refractivity contribution in [3.63, 3.8) is 0 Å². The molecule has 0 aliphatic heterocycles. The minimum atomic E-state index is -0.495. The van der Waals surface area contributed by atoms with Gasteiger partial charge in [-0.25, -0.2) is 9.18 Å². The number of hydrogen-bond donors (Lipinski definition) is 0. The smallest absolute Gasteiger partial charge is 0.330 e. The number of carbonyl (C=O) groups excluding carboxylic acids is 1. The minimum Gasteiger partial charge on any atom is -0.466 e. The Morgan fingerprint density at radius 1 is 1.50 bits per heavy atom. The zero-order valence-electron chi connectivity index (χ0n) is 8.08. The standard InChI is InChI=1S/C11H11FO2/c1-8-3-5-10(12)9(7-8)4-6-11(13)14-2/h3-7H,1-2H3. The van der Waals surface area contributed by atoms with Crippen LogP contribution in [0.25, 0.3) is 6.08 Å². The molecule has 0 heterocycles. The van der Waals surface area contributed by atoms with Gasteiger partial charge in [-0.2, -0.15) is 0 Å². The van der Waals surface area contributed by atoms with Crippen LogP contribution < -0.4 is 0 Å². The molecule has 0 aromatic heterocycles. The van der Waals surface area contributed by atoms with Gasteiger partial charge in [-0.3, -0.25) is 0 Å². The maximum absolute atomic E-state index is 13.1. The molecule has 0 atom stereocenters. The summed E-state index contributed by atoms with van der Waals surface area (Å²) >= 11 is 0. The second kappa shape index (κ2) is 4.56. The van der Waals surface area contributed by atoms with Gasteiger partial charge in [0.25, 0.3) is 0 Å². The van der Waals surface area contributed by atoms with E-state index in [2.05, 4.69) is 4.74 Å². The summed E-state index contributed by atoms with van der Waals surface area (Å²) < 4.78 is 17.5. The summed E-state index contributed by atoms with van der Waals surface area (Å²) in [5, 5.41) is 0. The second-order valence-electron chi connectivity index (χ2n) is 2.88. The fourth-order valence-corrected chi connectivity index (χ4v) is 1.02. The molecular weight excluding hydrogens is 183 g/mol. The van der Waals surface area contributed by atoms with Gasteiger partial charge in [-0.1, -0.05) is 11.6 Å². The molecule has 1 aromatic rings.